The molecule has 0 aromatic carbocycles. The van der Waals surface area contributed by atoms with Crippen LogP contribution in [0.5, 0.6) is 0 Å². The Morgan fingerprint density at radius 2 is 1.95 bits per heavy atom. The van der Waals surface area contributed by atoms with E-state index in [1.54, 1.807) is 30.4 Å². The van der Waals surface area contributed by atoms with Crippen LogP contribution in [0.3, 0.4) is 0 Å². The second-order valence-corrected chi connectivity index (χ2v) is 14.7. The van der Waals surface area contributed by atoms with Gasteiger partial charge in [0.15, 0.2) is 0 Å². The predicted octanol–water partition coefficient (Wildman–Crippen LogP) is 3.64. The molecule has 37 heavy (non-hydrogen) atoms. The third-order valence-corrected chi connectivity index (χ3v) is 7.69. The van der Waals surface area contributed by atoms with Gasteiger partial charge < -0.3 is 24.7 Å². The lowest BCUT2D eigenvalue weighted by atomic mass is 10.1. The standard InChI is InChI=1S/C25H35N9O2S/c1-35-19-6-9-33(10-7-19)25-26-8-5-22(32-25)31-23-13-20-21(15-27-23)30-24(29-20)18-14-28-34(16-18)17-36-11-12-37(2,3)4/h5,8,13-16,19H,6-7,9-12,17H2,1-4H3,(H,29,30)(H,26,27,31,32). The normalized spacial score (nSPS) is 15.4. The number of hydrogen-bond acceptors (Lipinski definition) is 9. The maximum absolute atomic E-state index is 5.79. The first-order valence-electron chi connectivity index (χ1n) is 12.4. The van der Waals surface area contributed by atoms with E-state index in [0.29, 0.717) is 30.4 Å². The van der Waals surface area contributed by atoms with Crippen LogP contribution in [0.1, 0.15) is 12.8 Å². The largest absolute Gasteiger partial charge is 0.381 e. The van der Waals surface area contributed by atoms with Crippen molar-refractivity contribution in [3.8, 4) is 11.4 Å². The van der Waals surface area contributed by atoms with Gasteiger partial charge in [-0.15, -0.1) is 0 Å². The van der Waals surface area contributed by atoms with Gasteiger partial charge in [-0.3, -0.25) is 0 Å². The Labute approximate surface area is 218 Å². The Balaban J connectivity index is 1.23. The Kier molecular flexibility index (Phi) is 7.58. The topological polar surface area (TPSA) is 119 Å². The highest BCUT2D eigenvalue weighted by molar-refractivity contribution is 8.32. The number of anilines is 3. The van der Waals surface area contributed by atoms with Gasteiger partial charge in [0.25, 0.3) is 0 Å². The summed E-state index contributed by atoms with van der Waals surface area (Å²) in [4.78, 5) is 24.0. The molecule has 5 heterocycles. The molecule has 2 N–H and O–H groups in total. The monoisotopic (exact) mass is 525 g/mol. The summed E-state index contributed by atoms with van der Waals surface area (Å²) in [5, 5.41) is 7.70. The van der Waals surface area contributed by atoms with Gasteiger partial charge in [-0.05, 0) is 37.7 Å². The van der Waals surface area contributed by atoms with Crippen molar-refractivity contribution in [2.24, 2.45) is 0 Å². The summed E-state index contributed by atoms with van der Waals surface area (Å²) < 4.78 is 13.0. The Hall–Kier alpha value is -3.22. The fourth-order valence-electron chi connectivity index (χ4n) is 4.13. The summed E-state index contributed by atoms with van der Waals surface area (Å²) in [6.45, 7) is 2.92. The number of aromatic amines is 1. The molecule has 11 nitrogen and oxygen atoms in total. The van der Waals surface area contributed by atoms with Gasteiger partial charge in [0.1, 0.15) is 24.2 Å². The molecule has 4 aromatic heterocycles. The van der Waals surface area contributed by atoms with Gasteiger partial charge in [0, 0.05) is 44.4 Å². The number of pyridine rings is 1. The second kappa shape index (κ2) is 11.0. The molecular weight excluding hydrogens is 490 g/mol. The number of nitrogens with zero attached hydrogens (tertiary/aromatic N) is 7. The van der Waals surface area contributed by atoms with E-state index in [1.165, 1.54) is 0 Å². The first-order valence-corrected chi connectivity index (χ1v) is 15.4. The first kappa shape index (κ1) is 25.4. The molecule has 12 heteroatoms. The van der Waals surface area contributed by atoms with Crippen molar-refractivity contribution < 1.29 is 9.47 Å². The van der Waals surface area contributed by atoms with Crippen molar-refractivity contribution in [2.75, 3.05) is 61.5 Å². The number of nitrogens with one attached hydrogen (secondary N) is 2. The molecule has 0 bridgehead atoms. The maximum Gasteiger partial charge on any atom is 0.227 e. The van der Waals surface area contributed by atoms with Crippen LogP contribution in [0.2, 0.25) is 0 Å². The highest BCUT2D eigenvalue weighted by Gasteiger charge is 2.20. The van der Waals surface area contributed by atoms with Crippen molar-refractivity contribution in [1.29, 1.82) is 0 Å². The van der Waals surface area contributed by atoms with E-state index in [4.69, 9.17) is 19.4 Å². The molecule has 1 fully saturated rings. The summed E-state index contributed by atoms with van der Waals surface area (Å²) in [6.07, 6.45) is 16.4. The van der Waals surface area contributed by atoms with Crippen molar-refractivity contribution >= 4 is 38.6 Å². The molecule has 0 atom stereocenters. The van der Waals surface area contributed by atoms with Crippen molar-refractivity contribution in [3.05, 3.63) is 36.9 Å². The SMILES string of the molecule is COC1CCN(c2nccc(Nc3cc4nc(-c5cnn(COCCS(C)(C)C)c5)[nH]c4cn3)n2)CC1. The third kappa shape index (κ3) is 6.56. The molecule has 1 aliphatic heterocycles. The Morgan fingerprint density at radius 3 is 2.73 bits per heavy atom. The van der Waals surface area contributed by atoms with Gasteiger partial charge in [-0.2, -0.15) is 10.1 Å². The van der Waals surface area contributed by atoms with Crippen molar-refractivity contribution in [3.63, 3.8) is 0 Å². The van der Waals surface area contributed by atoms with Crippen LogP contribution in [-0.4, -0.2) is 92.1 Å². The number of rotatable bonds is 10. The summed E-state index contributed by atoms with van der Waals surface area (Å²) >= 11 is 0. The van der Waals surface area contributed by atoms with E-state index in [1.807, 2.05) is 18.3 Å². The van der Waals surface area contributed by atoms with Gasteiger partial charge >= 0.3 is 0 Å². The number of methoxy groups -OCH3 is 1. The van der Waals surface area contributed by atoms with Crippen LogP contribution < -0.4 is 10.2 Å². The van der Waals surface area contributed by atoms with Gasteiger partial charge in [-0.25, -0.2) is 29.7 Å². The molecular formula is C25H35N9O2S. The van der Waals surface area contributed by atoms with Crippen LogP contribution in [0.15, 0.2) is 36.9 Å². The van der Waals surface area contributed by atoms with Crippen LogP contribution >= 0.6 is 10.0 Å². The second-order valence-electron chi connectivity index (χ2n) is 10.1. The van der Waals surface area contributed by atoms with E-state index in [2.05, 4.69) is 49.0 Å². The van der Waals surface area contributed by atoms with E-state index in [-0.39, 0.29) is 0 Å². The number of piperidine rings is 1. The lowest BCUT2D eigenvalue weighted by Gasteiger charge is -2.31. The molecule has 0 amide bonds. The molecule has 0 radical (unpaired) electrons. The molecule has 0 spiro atoms. The highest BCUT2D eigenvalue weighted by Crippen LogP contribution is 2.33. The van der Waals surface area contributed by atoms with Crippen LogP contribution in [-0.2, 0) is 16.2 Å². The van der Waals surface area contributed by atoms with Gasteiger partial charge in [0.05, 0.1) is 41.7 Å². The van der Waals surface area contributed by atoms with E-state index in [9.17, 15) is 0 Å². The number of H-pyrrole nitrogens is 1. The maximum atomic E-state index is 5.79. The molecule has 1 aliphatic rings. The molecule has 0 saturated carbocycles. The molecule has 198 valence electrons. The first-order chi connectivity index (χ1) is 17.9. The zero-order valence-corrected chi connectivity index (χ0v) is 22.7. The highest BCUT2D eigenvalue weighted by atomic mass is 32.3. The minimum absolute atomic E-state index is 0.314. The van der Waals surface area contributed by atoms with Crippen molar-refractivity contribution in [2.45, 2.75) is 25.7 Å². The summed E-state index contributed by atoms with van der Waals surface area (Å²) in [6, 6.07) is 3.75. The van der Waals surface area contributed by atoms with E-state index < -0.39 is 10.0 Å². The zero-order chi connectivity index (χ0) is 25.8. The van der Waals surface area contributed by atoms with Crippen LogP contribution in [0, 0.1) is 0 Å². The van der Waals surface area contributed by atoms with Crippen LogP contribution in [0.25, 0.3) is 22.4 Å². The zero-order valence-electron chi connectivity index (χ0n) is 21.8. The third-order valence-electron chi connectivity index (χ3n) is 6.29. The Morgan fingerprint density at radius 1 is 1.11 bits per heavy atom. The molecule has 1 saturated heterocycles. The lowest BCUT2D eigenvalue weighted by Crippen LogP contribution is -2.37. The summed E-state index contributed by atoms with van der Waals surface area (Å²) in [5.74, 6) is 3.89. The smallest absolute Gasteiger partial charge is 0.227 e. The number of ether oxygens (including phenoxy) is 2. The fraction of sp³-hybridized carbons (Fsp3) is 0.480. The number of aromatic nitrogens is 7. The number of fused-ring (bicyclic) bond motifs is 1. The van der Waals surface area contributed by atoms with E-state index >= 15 is 0 Å². The minimum atomic E-state index is -0.559. The summed E-state index contributed by atoms with van der Waals surface area (Å²) in [5.41, 5.74) is 2.55. The van der Waals surface area contributed by atoms with Gasteiger partial charge in [0.2, 0.25) is 5.95 Å². The lowest BCUT2D eigenvalue weighted by molar-refractivity contribution is 0.0809. The average molecular weight is 526 g/mol. The quantitative estimate of drug-likeness (QED) is 0.299. The minimum Gasteiger partial charge on any atom is -0.381 e. The van der Waals surface area contributed by atoms with Gasteiger partial charge in [-0.1, -0.05) is 0 Å². The molecule has 5 rings (SSSR count). The molecule has 0 unspecified atom stereocenters. The predicted molar refractivity (Wildman–Crippen MR) is 149 cm³/mol. The van der Waals surface area contributed by atoms with Crippen LogP contribution in [0.4, 0.5) is 17.6 Å². The molecule has 4 aromatic rings. The average Bonchev–Trinajstić information content (AvgIpc) is 3.53. The van der Waals surface area contributed by atoms with Crippen molar-refractivity contribution in [1.82, 2.24) is 34.7 Å². The summed E-state index contributed by atoms with van der Waals surface area (Å²) in [7, 11) is 1.21. The fourth-order valence-corrected chi connectivity index (χ4v) is 4.75. The number of imidazole rings is 1. The molecule has 0 aliphatic carbocycles. The Bertz CT molecular complexity index is 1330. The van der Waals surface area contributed by atoms with E-state index in [0.717, 1.165) is 60.7 Å². The number of hydrogen-bond donors (Lipinski definition) is 2.